The van der Waals surface area contributed by atoms with Crippen LogP contribution in [0.3, 0.4) is 0 Å². The summed E-state index contributed by atoms with van der Waals surface area (Å²) in [6.45, 7) is 12.8. The van der Waals surface area contributed by atoms with Crippen molar-refractivity contribution in [2.45, 2.75) is 102 Å². The summed E-state index contributed by atoms with van der Waals surface area (Å²) in [6.07, 6.45) is -0.110. The highest BCUT2D eigenvalue weighted by molar-refractivity contribution is 8.77. The smallest absolute Gasteiger partial charge is 0.407 e. The molecule has 3 aromatic carbocycles. The number of amides is 3. The Bertz CT molecular complexity index is 1860. The van der Waals surface area contributed by atoms with E-state index in [1.165, 1.54) is 10.8 Å². The summed E-state index contributed by atoms with van der Waals surface area (Å²) in [5.74, 6) is -2.70. The molecule has 59 heavy (non-hydrogen) atoms. The van der Waals surface area contributed by atoms with E-state index in [-0.39, 0.29) is 48.4 Å². The molecule has 0 saturated carbocycles. The molecule has 0 aromatic heterocycles. The monoisotopic (exact) mass is 850 g/mol. The quantitative estimate of drug-likeness (QED) is 0.0313. The van der Waals surface area contributed by atoms with Gasteiger partial charge in [0.25, 0.3) is 5.97 Å². The molecule has 3 atom stereocenters. The van der Waals surface area contributed by atoms with Crippen molar-refractivity contribution in [2.75, 3.05) is 18.9 Å². The van der Waals surface area contributed by atoms with Crippen LogP contribution in [0.1, 0.15) is 83.9 Å². The third kappa shape index (κ3) is 17.3. The fourth-order valence-corrected chi connectivity index (χ4v) is 8.44. The lowest BCUT2D eigenvalue weighted by Gasteiger charge is -2.27. The number of carbonyl (C=O) groups excluding carboxylic acids is 4. The second kappa shape index (κ2) is 22.8. The number of nitrogens with zero attached hydrogens (tertiary/aromatic N) is 1. The molecule has 1 aliphatic rings. The molecule has 0 heterocycles. The van der Waals surface area contributed by atoms with Crippen molar-refractivity contribution in [3.63, 3.8) is 0 Å². The number of hydrogen-bond acceptors (Lipinski definition) is 10. The zero-order valence-electron chi connectivity index (χ0n) is 34.8. The van der Waals surface area contributed by atoms with Crippen molar-refractivity contribution in [1.82, 2.24) is 16.0 Å². The Kier molecular flexibility index (Phi) is 18.6. The Balaban J connectivity index is 0.00000222. The van der Waals surface area contributed by atoms with Crippen molar-refractivity contribution in [1.29, 1.82) is 0 Å². The van der Waals surface area contributed by atoms with E-state index in [1.807, 2.05) is 87.5 Å². The third-order valence-corrected chi connectivity index (χ3v) is 11.7. The highest BCUT2D eigenvalue weighted by atomic mass is 33.1. The van der Waals surface area contributed by atoms with Gasteiger partial charge >= 0.3 is 12.1 Å². The molecule has 0 radical (unpaired) electrons. The first-order valence-electron chi connectivity index (χ1n) is 19.3. The zero-order valence-corrected chi connectivity index (χ0v) is 36.4. The van der Waals surface area contributed by atoms with Crippen LogP contribution in [0.15, 0.2) is 83.9 Å². The summed E-state index contributed by atoms with van der Waals surface area (Å²) >= 11 is 0. The SMILES string of the molecule is CC(=O)O.CC(C)(C)OC(=O)[C@H](Cc1ccccc1)NC(=O)[C@H](CCCN=C(N)N)NC(=O)[C@H](CSSC(C)(C)C)NC(=O)OCC1c2ccccc2-c2ccccc21. The molecule has 4 rings (SSSR count). The Morgan fingerprint density at radius 1 is 0.780 bits per heavy atom. The van der Waals surface area contributed by atoms with Crippen LogP contribution in [-0.2, 0) is 35.1 Å². The molecule has 16 heteroatoms. The number of benzene rings is 3. The van der Waals surface area contributed by atoms with Gasteiger partial charge in [-0.2, -0.15) is 0 Å². The van der Waals surface area contributed by atoms with Crippen LogP contribution in [-0.4, -0.2) is 88.3 Å². The van der Waals surface area contributed by atoms with E-state index in [0.717, 1.165) is 34.7 Å². The molecule has 3 amide bonds. The van der Waals surface area contributed by atoms with Gasteiger partial charge in [-0.15, -0.1) is 0 Å². The lowest BCUT2D eigenvalue weighted by atomic mass is 9.98. The maximum atomic E-state index is 14.0. The summed E-state index contributed by atoms with van der Waals surface area (Å²) in [7, 11) is 2.98. The van der Waals surface area contributed by atoms with Crippen LogP contribution in [0, 0.1) is 0 Å². The minimum Gasteiger partial charge on any atom is -0.481 e. The second-order valence-corrected chi connectivity index (χ2v) is 19.0. The lowest BCUT2D eigenvalue weighted by Crippen LogP contribution is -2.57. The number of nitrogens with one attached hydrogen (secondary N) is 3. The summed E-state index contributed by atoms with van der Waals surface area (Å²) in [5.41, 5.74) is 15.4. The van der Waals surface area contributed by atoms with Crippen molar-refractivity contribution < 1.29 is 38.6 Å². The Labute approximate surface area is 354 Å². The van der Waals surface area contributed by atoms with Gasteiger partial charge in [-0.05, 0) is 61.4 Å². The first-order valence-corrected chi connectivity index (χ1v) is 21.6. The number of aliphatic imine (C=N–C) groups is 1. The normalized spacial score (nSPS) is 13.5. The molecule has 1 aliphatic carbocycles. The fourth-order valence-electron chi connectivity index (χ4n) is 5.98. The number of fused-ring (bicyclic) bond motifs is 3. The Hall–Kier alpha value is -5.22. The molecule has 0 unspecified atom stereocenters. The van der Waals surface area contributed by atoms with Crippen molar-refractivity contribution in [2.24, 2.45) is 16.5 Å². The largest absolute Gasteiger partial charge is 0.481 e. The van der Waals surface area contributed by atoms with Crippen LogP contribution < -0.4 is 27.4 Å². The van der Waals surface area contributed by atoms with Crippen molar-refractivity contribution >= 4 is 57.4 Å². The van der Waals surface area contributed by atoms with E-state index in [0.29, 0.717) is 6.42 Å². The number of aliphatic carboxylic acids is 1. The average Bonchev–Trinajstić information content (AvgIpc) is 3.46. The minimum atomic E-state index is -1.10. The Morgan fingerprint density at radius 3 is 1.85 bits per heavy atom. The molecule has 3 aromatic rings. The van der Waals surface area contributed by atoms with E-state index in [1.54, 1.807) is 31.6 Å². The second-order valence-electron chi connectivity index (χ2n) is 15.8. The van der Waals surface area contributed by atoms with Gasteiger partial charge in [0, 0.05) is 36.3 Å². The molecule has 0 saturated heterocycles. The van der Waals surface area contributed by atoms with Gasteiger partial charge in [0.05, 0.1) is 0 Å². The predicted molar refractivity (Wildman–Crippen MR) is 235 cm³/mol. The number of ether oxygens (including phenoxy) is 2. The Morgan fingerprint density at radius 2 is 1.31 bits per heavy atom. The van der Waals surface area contributed by atoms with Crippen molar-refractivity contribution in [3.8, 4) is 11.1 Å². The fraction of sp³-hybridized carbons (Fsp3) is 0.442. The number of carbonyl (C=O) groups is 5. The number of hydrogen-bond donors (Lipinski definition) is 6. The van der Waals surface area contributed by atoms with E-state index < -0.39 is 53.6 Å². The molecular weight excluding hydrogens is 793 g/mol. The average molecular weight is 851 g/mol. The number of rotatable bonds is 17. The molecule has 320 valence electrons. The first-order chi connectivity index (χ1) is 27.7. The van der Waals surface area contributed by atoms with Gasteiger partial charge in [0.1, 0.15) is 30.3 Å². The highest BCUT2D eigenvalue weighted by Crippen LogP contribution is 2.44. The number of carboxylic acid groups (broad SMARTS) is 1. The molecule has 8 N–H and O–H groups in total. The standard InChI is InChI=1S/C41H54N6O6S2.C2H4O2/c1-40(2,3)53-37(50)33(23-26-15-8-7-9-16-26)46-35(48)32(21-14-22-44-38(42)43)45-36(49)34(25-54-55-41(4,5)6)47-39(51)52-24-31-29-19-12-10-17-27(29)28-18-11-13-20-30(28)31;1-2(3)4/h7-13,15-20,31-34H,14,21-25H2,1-6H3,(H,45,49)(H,46,48)(H,47,51)(H4,42,43,44);1H3,(H,3,4)/t32-,33-,34-;/m0./s1. The van der Waals surface area contributed by atoms with E-state index in [2.05, 4.69) is 33.1 Å². The zero-order chi connectivity index (χ0) is 43.8. The maximum Gasteiger partial charge on any atom is 0.407 e. The summed E-state index contributed by atoms with van der Waals surface area (Å²) in [4.78, 5) is 67.8. The van der Waals surface area contributed by atoms with Crippen LogP contribution in [0.5, 0.6) is 0 Å². The summed E-state index contributed by atoms with van der Waals surface area (Å²) in [6, 6.07) is 22.1. The number of esters is 1. The lowest BCUT2D eigenvalue weighted by molar-refractivity contribution is -0.158. The van der Waals surface area contributed by atoms with Gasteiger partial charge in [0.15, 0.2) is 5.96 Å². The predicted octanol–water partition coefficient (Wildman–Crippen LogP) is 5.77. The van der Waals surface area contributed by atoms with Crippen LogP contribution >= 0.6 is 21.6 Å². The molecule has 14 nitrogen and oxygen atoms in total. The van der Waals surface area contributed by atoms with Gasteiger partial charge in [0.2, 0.25) is 11.8 Å². The van der Waals surface area contributed by atoms with E-state index in [4.69, 9.17) is 30.8 Å². The minimum absolute atomic E-state index is 0.0708. The van der Waals surface area contributed by atoms with E-state index in [9.17, 15) is 19.2 Å². The number of alkyl carbamates (subject to hydrolysis) is 1. The first kappa shape index (κ1) is 48.2. The van der Waals surface area contributed by atoms with Crippen LogP contribution in [0.25, 0.3) is 11.1 Å². The summed E-state index contributed by atoms with van der Waals surface area (Å²) < 4.78 is 11.3. The third-order valence-electron chi connectivity index (χ3n) is 8.36. The maximum absolute atomic E-state index is 14.0. The number of guanidine groups is 1. The number of carboxylic acids is 1. The molecule has 0 fully saturated rings. The van der Waals surface area contributed by atoms with Gasteiger partial charge in [-0.25, -0.2) is 9.59 Å². The van der Waals surface area contributed by atoms with Crippen molar-refractivity contribution in [3.05, 3.63) is 95.6 Å². The molecular formula is C43H58N6O8S2. The summed E-state index contributed by atoms with van der Waals surface area (Å²) in [5, 5.41) is 15.8. The van der Waals surface area contributed by atoms with Gasteiger partial charge in [-0.1, -0.05) is 121 Å². The molecule has 0 spiro atoms. The van der Waals surface area contributed by atoms with Crippen LogP contribution in [0.4, 0.5) is 4.79 Å². The molecule has 0 bridgehead atoms. The highest BCUT2D eigenvalue weighted by Gasteiger charge is 2.33. The van der Waals surface area contributed by atoms with Crippen LogP contribution in [0.2, 0.25) is 0 Å². The topological polar surface area (TPSA) is 225 Å². The molecule has 0 aliphatic heterocycles. The van der Waals surface area contributed by atoms with E-state index >= 15 is 0 Å². The van der Waals surface area contributed by atoms with Gasteiger partial charge < -0.3 is 42.0 Å². The number of nitrogens with two attached hydrogens (primary N) is 2. The van der Waals surface area contributed by atoms with Gasteiger partial charge in [-0.3, -0.25) is 19.4 Å².